The second kappa shape index (κ2) is 14.8. The molecule has 4 aromatic heterocycles. The maximum absolute atomic E-state index is 2.46. The van der Waals surface area contributed by atoms with E-state index in [0.29, 0.717) is 0 Å². The van der Waals surface area contributed by atoms with Gasteiger partial charge in [0.15, 0.2) is 0 Å². The molecule has 0 aliphatic heterocycles. The molecule has 4 heteroatoms. The van der Waals surface area contributed by atoms with Crippen molar-refractivity contribution in [3.63, 3.8) is 0 Å². The minimum absolute atomic E-state index is 1.13. The Bertz CT molecular complexity index is 4720. The van der Waals surface area contributed by atoms with Gasteiger partial charge in [0.25, 0.3) is 0 Å². The van der Waals surface area contributed by atoms with E-state index in [-0.39, 0.29) is 0 Å². The summed E-state index contributed by atoms with van der Waals surface area (Å²) in [4.78, 5) is 0. The average Bonchev–Trinajstić information content (AvgIpc) is 4.24. The predicted molar refractivity (Wildman–Crippen MR) is 314 cm³/mol. The number of hydrogen-bond donors (Lipinski definition) is 0. The molecule has 0 saturated heterocycles. The molecule has 0 unspecified atom stereocenters. The van der Waals surface area contributed by atoms with Gasteiger partial charge in [0.2, 0.25) is 0 Å². The fraction of sp³-hybridized carbons (Fsp3) is 0. The summed E-state index contributed by atoms with van der Waals surface area (Å²) in [7, 11) is 0. The van der Waals surface area contributed by atoms with E-state index in [0.717, 1.165) is 22.7 Å². The summed E-state index contributed by atoms with van der Waals surface area (Å²) >= 11 is 0. The van der Waals surface area contributed by atoms with Crippen molar-refractivity contribution in [1.82, 2.24) is 18.3 Å². The highest BCUT2D eigenvalue weighted by molar-refractivity contribution is 6.30. The quantitative estimate of drug-likeness (QED) is 0.168. The SMILES string of the molecule is c1ccc2c(c1)ccc1c2c2c3ccccc3ccc2n1-c1ccc(-n2c3ccccc3c3cc4c(cc32)c2ccccc2n4-c2ccc(-n3c4ccc5ccccc5c4c4c5ccccc5ccc43)cc2)cc1. The monoisotopic (exact) mass is 938 g/mol. The van der Waals surface area contributed by atoms with Crippen molar-refractivity contribution in [2.45, 2.75) is 0 Å². The topological polar surface area (TPSA) is 19.7 Å². The standard InChI is InChI=1S/C70H42N4/c1-5-17-51-43(13-1)25-37-61-67(51)68-52-18-6-2-14-44(52)26-38-62(68)73(61)49-33-29-47(30-34-49)71-59-23-11-9-21-55(59)57-42-66-58(41-65(57)71)56-22-10-12-24-60(56)72(66)48-31-35-50(36-32-48)74-63-39-27-45-15-3-7-19-53(45)69(63)70-54-20-8-4-16-46(54)28-40-64(70)74/h1-42H. The van der Waals surface area contributed by atoms with Crippen LogP contribution in [0.3, 0.4) is 0 Å². The van der Waals surface area contributed by atoms with E-state index in [4.69, 9.17) is 0 Å². The smallest absolute Gasteiger partial charge is 0.0548 e. The van der Waals surface area contributed by atoms with Crippen LogP contribution in [0.5, 0.6) is 0 Å². The molecule has 0 fully saturated rings. The Balaban J connectivity index is 0.833. The van der Waals surface area contributed by atoms with Crippen LogP contribution in [0.1, 0.15) is 0 Å². The molecule has 0 aliphatic rings. The number of nitrogens with zero attached hydrogens (tertiary/aromatic N) is 4. The van der Waals surface area contributed by atoms with E-state index >= 15 is 0 Å². The fourth-order valence-electron chi connectivity index (χ4n) is 13.1. The van der Waals surface area contributed by atoms with Gasteiger partial charge in [-0.15, -0.1) is 0 Å². The second-order valence-corrected chi connectivity index (χ2v) is 20.0. The first-order chi connectivity index (χ1) is 36.7. The van der Waals surface area contributed by atoms with Gasteiger partial charge in [-0.25, -0.2) is 0 Å². The number of aromatic nitrogens is 4. The molecule has 4 heterocycles. The number of hydrogen-bond acceptors (Lipinski definition) is 0. The highest BCUT2D eigenvalue weighted by Gasteiger charge is 2.22. The van der Waals surface area contributed by atoms with E-state index in [1.165, 1.54) is 130 Å². The number of fused-ring (bicyclic) bond motifs is 20. The number of benzene rings is 13. The van der Waals surface area contributed by atoms with Crippen molar-refractivity contribution in [3.05, 3.63) is 255 Å². The summed E-state index contributed by atoms with van der Waals surface area (Å²) in [5.74, 6) is 0. The summed E-state index contributed by atoms with van der Waals surface area (Å²) in [6.07, 6.45) is 0. The van der Waals surface area contributed by atoms with Crippen LogP contribution in [-0.2, 0) is 0 Å². The summed E-state index contributed by atoms with van der Waals surface area (Å²) < 4.78 is 9.83. The Kier molecular flexibility index (Phi) is 7.97. The van der Waals surface area contributed by atoms with Crippen LogP contribution in [0.4, 0.5) is 0 Å². The molecule has 17 aromatic rings. The van der Waals surface area contributed by atoms with Gasteiger partial charge in [-0.3, -0.25) is 0 Å². The van der Waals surface area contributed by atoms with E-state index in [2.05, 4.69) is 273 Å². The van der Waals surface area contributed by atoms with Gasteiger partial charge in [-0.05, 0) is 140 Å². The molecule has 4 nitrogen and oxygen atoms in total. The van der Waals surface area contributed by atoms with Crippen LogP contribution in [0.2, 0.25) is 0 Å². The Hall–Kier alpha value is -9.90. The first-order valence-corrected chi connectivity index (χ1v) is 25.6. The largest absolute Gasteiger partial charge is 0.309 e. The molecule has 13 aromatic carbocycles. The summed E-state index contributed by atoms with van der Waals surface area (Å²) in [5.41, 5.74) is 14.1. The molecular weight excluding hydrogens is 897 g/mol. The van der Waals surface area contributed by atoms with Gasteiger partial charge >= 0.3 is 0 Å². The Morgan fingerprint density at radius 1 is 0.162 bits per heavy atom. The van der Waals surface area contributed by atoms with Crippen molar-refractivity contribution >= 4 is 130 Å². The van der Waals surface area contributed by atoms with Crippen molar-refractivity contribution < 1.29 is 0 Å². The van der Waals surface area contributed by atoms with Crippen molar-refractivity contribution in [3.8, 4) is 22.7 Å². The Labute approximate surface area is 424 Å². The van der Waals surface area contributed by atoms with Crippen LogP contribution >= 0.6 is 0 Å². The molecule has 342 valence electrons. The summed E-state index contributed by atoms with van der Waals surface area (Å²) in [6.45, 7) is 0. The van der Waals surface area contributed by atoms with Crippen LogP contribution in [-0.4, -0.2) is 18.3 Å². The molecule has 0 bridgehead atoms. The van der Waals surface area contributed by atoms with Gasteiger partial charge < -0.3 is 18.3 Å². The van der Waals surface area contributed by atoms with Crippen molar-refractivity contribution in [2.75, 3.05) is 0 Å². The summed E-state index contributed by atoms with van der Waals surface area (Å²) in [6, 6.07) is 94.5. The molecule has 0 atom stereocenters. The van der Waals surface area contributed by atoms with Gasteiger partial charge in [0.05, 0.1) is 44.1 Å². The molecular formula is C70H42N4. The van der Waals surface area contributed by atoms with E-state index in [9.17, 15) is 0 Å². The normalized spacial score (nSPS) is 12.3. The van der Waals surface area contributed by atoms with Gasteiger partial charge in [0.1, 0.15) is 0 Å². The number of para-hydroxylation sites is 2. The lowest BCUT2D eigenvalue weighted by Crippen LogP contribution is -1.98. The average molecular weight is 939 g/mol. The van der Waals surface area contributed by atoms with E-state index < -0.39 is 0 Å². The first-order valence-electron chi connectivity index (χ1n) is 25.6. The zero-order valence-electron chi connectivity index (χ0n) is 40.0. The molecule has 0 spiro atoms. The van der Waals surface area contributed by atoms with Crippen molar-refractivity contribution in [2.24, 2.45) is 0 Å². The fourth-order valence-corrected chi connectivity index (χ4v) is 13.1. The van der Waals surface area contributed by atoms with Crippen LogP contribution in [0.25, 0.3) is 153 Å². The first kappa shape index (κ1) is 39.8. The van der Waals surface area contributed by atoms with Crippen LogP contribution in [0.15, 0.2) is 255 Å². The van der Waals surface area contributed by atoms with Crippen LogP contribution in [0, 0.1) is 0 Å². The molecule has 17 rings (SSSR count). The molecule has 0 radical (unpaired) electrons. The lowest BCUT2D eigenvalue weighted by Gasteiger charge is -2.13. The third-order valence-electron chi connectivity index (χ3n) is 16.3. The zero-order valence-corrected chi connectivity index (χ0v) is 40.0. The maximum atomic E-state index is 2.46. The molecule has 0 aliphatic carbocycles. The van der Waals surface area contributed by atoms with Gasteiger partial charge in [0, 0.05) is 65.8 Å². The Morgan fingerprint density at radius 2 is 0.405 bits per heavy atom. The van der Waals surface area contributed by atoms with Gasteiger partial charge in [-0.2, -0.15) is 0 Å². The van der Waals surface area contributed by atoms with E-state index in [1.807, 2.05) is 0 Å². The zero-order chi connectivity index (χ0) is 48.2. The maximum Gasteiger partial charge on any atom is 0.0548 e. The highest BCUT2D eigenvalue weighted by Crippen LogP contribution is 2.44. The molecule has 0 amide bonds. The second-order valence-electron chi connectivity index (χ2n) is 20.0. The molecule has 74 heavy (non-hydrogen) atoms. The lowest BCUT2D eigenvalue weighted by molar-refractivity contribution is 1.14. The lowest BCUT2D eigenvalue weighted by atomic mass is 10.00. The summed E-state index contributed by atoms with van der Waals surface area (Å²) in [5, 5.41) is 20.2. The van der Waals surface area contributed by atoms with E-state index in [1.54, 1.807) is 0 Å². The minimum Gasteiger partial charge on any atom is -0.309 e. The van der Waals surface area contributed by atoms with Crippen LogP contribution < -0.4 is 0 Å². The van der Waals surface area contributed by atoms with Gasteiger partial charge in [-0.1, -0.05) is 158 Å². The highest BCUT2D eigenvalue weighted by atomic mass is 15.0. The third-order valence-corrected chi connectivity index (χ3v) is 16.3. The third kappa shape index (κ3) is 5.35. The number of rotatable bonds is 4. The minimum atomic E-state index is 1.13. The molecule has 0 saturated carbocycles. The molecule has 0 N–H and O–H groups in total. The predicted octanol–water partition coefficient (Wildman–Crippen LogP) is 18.7. The van der Waals surface area contributed by atoms with Crippen molar-refractivity contribution in [1.29, 1.82) is 0 Å². The Morgan fingerprint density at radius 3 is 0.703 bits per heavy atom.